The van der Waals surface area contributed by atoms with E-state index >= 15 is 0 Å². The zero-order chi connectivity index (χ0) is 20.1. The number of carbonyl (C=O) groups is 1. The monoisotopic (exact) mass is 382 g/mol. The van der Waals surface area contributed by atoms with E-state index in [0.717, 1.165) is 11.4 Å². The normalized spacial score (nSPS) is 18.8. The van der Waals surface area contributed by atoms with E-state index < -0.39 is 11.4 Å². The summed E-state index contributed by atoms with van der Waals surface area (Å²) >= 11 is 0. The van der Waals surface area contributed by atoms with Crippen molar-refractivity contribution < 1.29 is 13.9 Å². The number of aryl methyl sites for hydroxylation is 1. The van der Waals surface area contributed by atoms with Crippen LogP contribution in [0.3, 0.4) is 0 Å². The predicted octanol–water partition coefficient (Wildman–Crippen LogP) is 3.73. The van der Waals surface area contributed by atoms with Crippen LogP contribution in [0.25, 0.3) is 5.65 Å². The Morgan fingerprint density at radius 3 is 2.93 bits per heavy atom. The van der Waals surface area contributed by atoms with Crippen molar-refractivity contribution in [2.24, 2.45) is 0 Å². The van der Waals surface area contributed by atoms with Gasteiger partial charge in [0.1, 0.15) is 6.33 Å². The third kappa shape index (κ3) is 2.91. The summed E-state index contributed by atoms with van der Waals surface area (Å²) in [5.41, 5.74) is 2.53. The van der Waals surface area contributed by atoms with Crippen LogP contribution in [0.2, 0.25) is 0 Å². The van der Waals surface area contributed by atoms with E-state index in [1.807, 2.05) is 24.3 Å². The number of fused-ring (bicyclic) bond motifs is 2. The van der Waals surface area contributed by atoms with Gasteiger partial charge in [0, 0.05) is 23.4 Å². The molecule has 7 heteroatoms. The molecule has 28 heavy (non-hydrogen) atoms. The van der Waals surface area contributed by atoms with Gasteiger partial charge in [-0.2, -0.15) is 0 Å². The molecule has 6 nitrogen and oxygen atoms in total. The number of nitrogens with zero attached hydrogens (tertiary/aromatic N) is 3. The first kappa shape index (κ1) is 18.4. The molecule has 4 rings (SSSR count). The fraction of sp³-hybridized carbons (Fsp3) is 0.381. The number of carbonyl (C=O) groups excluding carboxylic acids is 1. The molecule has 1 N–H and O–H groups in total. The molecule has 0 bridgehead atoms. The van der Waals surface area contributed by atoms with Crippen LogP contribution in [-0.2, 0) is 5.54 Å². The molecule has 146 valence electrons. The van der Waals surface area contributed by atoms with Crippen molar-refractivity contribution in [2.45, 2.75) is 45.6 Å². The quantitative estimate of drug-likeness (QED) is 0.749. The highest BCUT2D eigenvalue weighted by Crippen LogP contribution is 2.38. The van der Waals surface area contributed by atoms with Crippen molar-refractivity contribution in [1.82, 2.24) is 19.7 Å². The summed E-state index contributed by atoms with van der Waals surface area (Å²) in [4.78, 5) is 22.0. The van der Waals surface area contributed by atoms with Gasteiger partial charge >= 0.3 is 0 Å². The van der Waals surface area contributed by atoms with Gasteiger partial charge in [0.25, 0.3) is 5.91 Å². The molecule has 0 aliphatic carbocycles. The summed E-state index contributed by atoms with van der Waals surface area (Å²) in [5, 5.41) is 3.04. The topological polar surface area (TPSA) is 68.5 Å². The van der Waals surface area contributed by atoms with Gasteiger partial charge in [-0.3, -0.25) is 9.20 Å². The fourth-order valence-corrected chi connectivity index (χ4v) is 3.75. The lowest BCUT2D eigenvalue weighted by atomic mass is 9.86. The van der Waals surface area contributed by atoms with Gasteiger partial charge in [-0.15, -0.1) is 0 Å². The van der Waals surface area contributed by atoms with Crippen molar-refractivity contribution in [1.29, 1.82) is 0 Å². The molecule has 0 spiro atoms. The minimum absolute atomic E-state index is 0.197. The highest BCUT2D eigenvalue weighted by molar-refractivity contribution is 5.98. The van der Waals surface area contributed by atoms with Crippen LogP contribution in [-0.4, -0.2) is 26.9 Å². The van der Waals surface area contributed by atoms with Crippen molar-refractivity contribution in [3.63, 3.8) is 0 Å². The average Bonchev–Trinajstić information content (AvgIpc) is 3.05. The summed E-state index contributed by atoms with van der Waals surface area (Å²) in [6.07, 6.45) is 2.16. The number of amides is 1. The van der Waals surface area contributed by atoms with Crippen LogP contribution in [0.4, 0.5) is 4.39 Å². The second-order valence-electron chi connectivity index (χ2n) is 7.77. The molecule has 3 heterocycles. The molecular formula is C21H23FN4O2. The molecule has 0 saturated heterocycles. The summed E-state index contributed by atoms with van der Waals surface area (Å²) in [7, 11) is 0. The molecular weight excluding hydrogens is 359 g/mol. The minimum atomic E-state index is -0.757. The van der Waals surface area contributed by atoms with Crippen molar-refractivity contribution >= 4 is 11.6 Å². The van der Waals surface area contributed by atoms with Crippen LogP contribution in [0.1, 0.15) is 60.5 Å². The number of hydrogen-bond acceptors (Lipinski definition) is 4. The summed E-state index contributed by atoms with van der Waals surface area (Å²) < 4.78 is 21.5. The summed E-state index contributed by atoms with van der Waals surface area (Å²) in [6.45, 7) is 8.27. The maximum Gasteiger partial charge on any atom is 0.274 e. The van der Waals surface area contributed by atoms with Gasteiger partial charge < -0.3 is 10.1 Å². The van der Waals surface area contributed by atoms with E-state index in [1.54, 1.807) is 18.5 Å². The third-order valence-electron chi connectivity index (χ3n) is 5.27. The smallest absolute Gasteiger partial charge is 0.274 e. The first-order valence-corrected chi connectivity index (χ1v) is 9.39. The molecule has 0 radical (unpaired) electrons. The van der Waals surface area contributed by atoms with E-state index in [-0.39, 0.29) is 23.3 Å². The molecule has 1 unspecified atom stereocenters. The Morgan fingerprint density at radius 1 is 1.39 bits per heavy atom. The maximum absolute atomic E-state index is 14.1. The largest absolute Gasteiger partial charge is 0.490 e. The zero-order valence-electron chi connectivity index (χ0n) is 16.4. The average molecular weight is 382 g/mol. The number of rotatable bonds is 3. The lowest BCUT2D eigenvalue weighted by molar-refractivity contribution is 0.0867. The first-order valence-electron chi connectivity index (χ1n) is 9.39. The number of halogens is 1. The summed E-state index contributed by atoms with van der Waals surface area (Å²) in [6, 6.07) is 6.76. The molecule has 2 aromatic heterocycles. The van der Waals surface area contributed by atoms with Crippen molar-refractivity contribution in [3.05, 3.63) is 59.1 Å². The van der Waals surface area contributed by atoms with Crippen LogP contribution in [0.5, 0.6) is 5.75 Å². The van der Waals surface area contributed by atoms with Crippen LogP contribution >= 0.6 is 0 Å². The highest BCUT2D eigenvalue weighted by Gasteiger charge is 2.37. The molecule has 1 aliphatic heterocycles. The number of benzene rings is 1. The van der Waals surface area contributed by atoms with Gasteiger partial charge in [-0.25, -0.2) is 14.4 Å². The minimum Gasteiger partial charge on any atom is -0.490 e. The SMILES string of the molecule is Cc1cc(C(C)C)n2cnc(C(=O)NC3(C)CCOc4c(F)cccc43)c2n1. The molecule has 1 atom stereocenters. The molecule has 1 aliphatic rings. The molecule has 0 fully saturated rings. The van der Waals surface area contributed by atoms with E-state index in [1.165, 1.54) is 6.07 Å². The Bertz CT molecular complexity index is 1080. The van der Waals surface area contributed by atoms with E-state index in [2.05, 4.69) is 29.1 Å². The fourth-order valence-electron chi connectivity index (χ4n) is 3.75. The Morgan fingerprint density at radius 2 is 2.18 bits per heavy atom. The number of nitrogens with one attached hydrogen (secondary N) is 1. The Hall–Kier alpha value is -2.96. The second kappa shape index (κ2) is 6.58. The summed E-state index contributed by atoms with van der Waals surface area (Å²) in [5.74, 6) is -0.307. The van der Waals surface area contributed by atoms with Gasteiger partial charge in [-0.05, 0) is 31.9 Å². The van der Waals surface area contributed by atoms with Crippen LogP contribution < -0.4 is 10.1 Å². The lowest BCUT2D eigenvalue weighted by Crippen LogP contribution is -2.47. The Kier molecular flexibility index (Phi) is 4.33. The molecule has 3 aromatic rings. The third-order valence-corrected chi connectivity index (χ3v) is 5.27. The highest BCUT2D eigenvalue weighted by atomic mass is 19.1. The Balaban J connectivity index is 1.74. The lowest BCUT2D eigenvalue weighted by Gasteiger charge is -2.36. The number of hydrogen-bond donors (Lipinski definition) is 1. The molecule has 1 aromatic carbocycles. The van der Waals surface area contributed by atoms with E-state index in [9.17, 15) is 9.18 Å². The van der Waals surface area contributed by atoms with E-state index in [4.69, 9.17) is 4.74 Å². The van der Waals surface area contributed by atoms with Crippen LogP contribution in [0.15, 0.2) is 30.6 Å². The van der Waals surface area contributed by atoms with E-state index in [0.29, 0.717) is 24.2 Å². The van der Waals surface area contributed by atoms with Gasteiger partial charge in [0.2, 0.25) is 0 Å². The second-order valence-corrected chi connectivity index (χ2v) is 7.77. The standard InChI is InChI=1S/C21H23FN4O2/c1-12(2)16-10-13(3)24-19-17(23-11-26(16)19)20(27)25-21(4)8-9-28-18-14(21)6-5-7-15(18)22/h5-7,10-12H,8-9H2,1-4H3,(H,25,27). The number of aromatic nitrogens is 3. The maximum atomic E-state index is 14.1. The number of imidazole rings is 1. The van der Waals surface area contributed by atoms with Gasteiger partial charge in [0.15, 0.2) is 22.9 Å². The molecule has 1 amide bonds. The van der Waals surface area contributed by atoms with Gasteiger partial charge in [0.05, 0.1) is 12.1 Å². The Labute approximate surface area is 162 Å². The van der Waals surface area contributed by atoms with Crippen molar-refractivity contribution in [2.75, 3.05) is 6.61 Å². The van der Waals surface area contributed by atoms with Crippen LogP contribution in [0, 0.1) is 12.7 Å². The predicted molar refractivity (Wildman–Crippen MR) is 103 cm³/mol. The molecule has 0 saturated carbocycles. The zero-order valence-corrected chi connectivity index (χ0v) is 16.4. The van der Waals surface area contributed by atoms with Crippen molar-refractivity contribution in [3.8, 4) is 5.75 Å². The number of ether oxygens (including phenoxy) is 1. The number of para-hydroxylation sites is 1. The first-order chi connectivity index (χ1) is 13.3. The van der Waals surface area contributed by atoms with Gasteiger partial charge in [-0.1, -0.05) is 26.0 Å².